The number of rotatable bonds is 6. The molecule has 6 aliphatic rings. The lowest BCUT2D eigenvalue weighted by atomic mass is 9.63. The molecule has 6 aliphatic carbocycles. The van der Waals surface area contributed by atoms with Crippen LogP contribution in [0.3, 0.4) is 0 Å². The lowest BCUT2D eigenvalue weighted by Gasteiger charge is -2.40. The van der Waals surface area contributed by atoms with Gasteiger partial charge in [-0.25, -0.2) is 9.97 Å². The predicted molar refractivity (Wildman–Crippen MR) is 305 cm³/mol. The van der Waals surface area contributed by atoms with Crippen LogP contribution in [0.4, 0.5) is 0 Å². The van der Waals surface area contributed by atoms with Crippen molar-refractivity contribution < 1.29 is 0 Å². The van der Waals surface area contributed by atoms with Gasteiger partial charge in [-0.1, -0.05) is 198 Å². The molecule has 0 fully saturated rings. The summed E-state index contributed by atoms with van der Waals surface area (Å²) in [5.41, 5.74) is 26.7. The lowest BCUT2D eigenvalue weighted by Crippen LogP contribution is -2.28. The first-order chi connectivity index (χ1) is 36.2. The minimum absolute atomic E-state index is 0.0247. The quantitative estimate of drug-likeness (QED) is 0.166. The second-order valence-corrected chi connectivity index (χ2v) is 22.1. The fourth-order valence-electron chi connectivity index (χ4n) is 13.8. The van der Waals surface area contributed by atoms with Gasteiger partial charge in [-0.2, -0.15) is 0 Å². The van der Waals surface area contributed by atoms with Gasteiger partial charge in [-0.15, -0.1) is 0 Å². The molecule has 2 heterocycles. The van der Waals surface area contributed by atoms with Crippen LogP contribution in [0, 0.1) is 23.2 Å². The summed E-state index contributed by atoms with van der Waals surface area (Å²) in [6, 6.07) is 65.4. The van der Waals surface area contributed by atoms with E-state index in [1.165, 1.54) is 66.8 Å². The minimum Gasteiger partial charge on any atom is -0.292 e. The Balaban J connectivity index is 0.856. The van der Waals surface area contributed by atoms with Crippen molar-refractivity contribution >= 4 is 38.8 Å². The average molecular weight is 951 g/mol. The zero-order chi connectivity index (χ0) is 49.5. The van der Waals surface area contributed by atoms with Crippen LogP contribution >= 0.6 is 0 Å². The molecule has 0 amide bonds. The highest BCUT2D eigenvalue weighted by Gasteiger charge is 2.53. The molecule has 7 aromatic carbocycles. The zero-order valence-corrected chi connectivity index (χ0v) is 42.1. The Bertz CT molecular complexity index is 4120. The molecule has 3 unspecified atom stereocenters. The van der Waals surface area contributed by atoms with Crippen molar-refractivity contribution in [2.45, 2.75) is 39.5 Å². The van der Waals surface area contributed by atoms with Crippen LogP contribution < -0.4 is 0 Å². The maximum absolute atomic E-state index is 5.19. The monoisotopic (exact) mass is 950 g/mol. The van der Waals surface area contributed by atoms with Gasteiger partial charge in [0.05, 0.1) is 22.1 Å². The summed E-state index contributed by atoms with van der Waals surface area (Å²) in [6.45, 7) is 9.96. The van der Waals surface area contributed by atoms with Crippen molar-refractivity contribution in [3.8, 4) is 34.2 Å². The van der Waals surface area contributed by atoms with Gasteiger partial charge in [-0.05, 0) is 145 Å². The molecule has 354 valence electrons. The van der Waals surface area contributed by atoms with E-state index in [9.17, 15) is 0 Å². The Hall–Kier alpha value is -8.60. The Morgan fingerprint density at radius 1 is 0.473 bits per heavy atom. The number of nitrogens with zero attached hydrogens (tertiary/aromatic N) is 4. The van der Waals surface area contributed by atoms with Crippen molar-refractivity contribution in [3.05, 3.63) is 280 Å². The van der Waals surface area contributed by atoms with Crippen molar-refractivity contribution in [1.29, 1.82) is 0 Å². The first-order valence-corrected chi connectivity index (χ1v) is 26.3. The summed E-state index contributed by atoms with van der Waals surface area (Å²) in [4.78, 5) is 10.4. The van der Waals surface area contributed by atoms with Gasteiger partial charge < -0.3 is 0 Å². The molecule has 15 rings (SSSR count). The topological polar surface area (TPSA) is 35.6 Å². The first kappa shape index (κ1) is 43.0. The number of para-hydroxylation sites is 6. The normalized spacial score (nSPS) is 20.7. The fourth-order valence-corrected chi connectivity index (χ4v) is 13.8. The number of allylic oxidation sites excluding steroid dienone is 16. The third-order valence-corrected chi connectivity index (χ3v) is 17.4. The van der Waals surface area contributed by atoms with E-state index in [-0.39, 0.29) is 22.7 Å². The van der Waals surface area contributed by atoms with Gasteiger partial charge in [0.25, 0.3) is 0 Å². The average Bonchev–Trinajstić information content (AvgIpc) is 4.17. The van der Waals surface area contributed by atoms with Gasteiger partial charge >= 0.3 is 0 Å². The van der Waals surface area contributed by atoms with E-state index in [1.807, 2.05) is 0 Å². The fraction of sp³-hybridized carbons (Fsp3) is 0.143. The first-order valence-electron chi connectivity index (χ1n) is 26.3. The molecule has 0 bridgehead atoms. The lowest BCUT2D eigenvalue weighted by molar-refractivity contribution is 0.407. The summed E-state index contributed by atoms with van der Waals surface area (Å²) < 4.78 is 4.57. The summed E-state index contributed by atoms with van der Waals surface area (Å²) in [5, 5.41) is 0. The molecule has 2 aromatic heterocycles. The molecule has 0 radical (unpaired) electrons. The van der Waals surface area contributed by atoms with Gasteiger partial charge in [0.2, 0.25) is 0 Å². The minimum atomic E-state index is -0.204. The zero-order valence-electron chi connectivity index (χ0n) is 42.1. The number of aromatic nitrogens is 4. The SMILES string of the molecule is CC1(C)C2=C(CC3C(=C2)c2ccccc2C3(C)C)C2=C3C=C(c4ccc(-c5nc6ccccc6n5-c5ccccc5)cc4)C=CC3C3C=CC(c4ccc(-c5nc6ccccc6n5-c5ccccc5)cc4)=CC3=C21. The summed E-state index contributed by atoms with van der Waals surface area (Å²) in [5.74, 6) is 2.72. The Morgan fingerprint density at radius 3 is 1.51 bits per heavy atom. The smallest absolute Gasteiger partial charge is 0.145 e. The molecule has 0 N–H and O–H groups in total. The van der Waals surface area contributed by atoms with Crippen molar-refractivity contribution in [2.75, 3.05) is 0 Å². The largest absolute Gasteiger partial charge is 0.292 e. The molecular formula is C70H54N4. The van der Waals surface area contributed by atoms with E-state index in [0.29, 0.717) is 5.92 Å². The highest BCUT2D eigenvalue weighted by Crippen LogP contribution is 2.66. The number of hydrogen-bond donors (Lipinski definition) is 0. The van der Waals surface area contributed by atoms with E-state index in [2.05, 4.69) is 261 Å². The van der Waals surface area contributed by atoms with E-state index in [0.717, 1.165) is 62.6 Å². The molecule has 4 heteroatoms. The number of hydrogen-bond acceptors (Lipinski definition) is 2. The standard InChI is InChI=1S/C70H54N4/c1-69(2)58-22-12-11-21-53(58)54-41-60-57(42-59(54)69)65-55-39-47(43-27-31-45(32-28-43)67-71-61-23-13-15-25-63(61)73(67)49-17-7-5-8-18-49)35-37-51(55)52-38-36-48(40-56(52)66(65)70(60,3)4)44-29-33-46(34-30-44)68-72-62-24-14-16-26-64(62)74(68)50-19-9-6-10-20-50/h5-41,51-52,59H,42H2,1-4H3. The van der Waals surface area contributed by atoms with E-state index >= 15 is 0 Å². The van der Waals surface area contributed by atoms with Gasteiger partial charge in [0.1, 0.15) is 11.6 Å². The van der Waals surface area contributed by atoms with Crippen LogP contribution in [0.5, 0.6) is 0 Å². The van der Waals surface area contributed by atoms with Crippen molar-refractivity contribution in [3.63, 3.8) is 0 Å². The molecule has 0 aliphatic heterocycles. The molecule has 0 saturated heterocycles. The highest BCUT2D eigenvalue weighted by atomic mass is 15.1. The van der Waals surface area contributed by atoms with Crippen LogP contribution in [-0.4, -0.2) is 19.1 Å². The van der Waals surface area contributed by atoms with Gasteiger partial charge in [-0.3, -0.25) is 9.13 Å². The van der Waals surface area contributed by atoms with Crippen molar-refractivity contribution in [1.82, 2.24) is 19.1 Å². The van der Waals surface area contributed by atoms with Crippen LogP contribution in [0.2, 0.25) is 0 Å². The van der Waals surface area contributed by atoms with E-state index in [4.69, 9.17) is 9.97 Å². The third kappa shape index (κ3) is 6.27. The van der Waals surface area contributed by atoms with Crippen LogP contribution in [-0.2, 0) is 5.41 Å². The van der Waals surface area contributed by atoms with Gasteiger partial charge in [0.15, 0.2) is 0 Å². The summed E-state index contributed by atoms with van der Waals surface area (Å²) in [7, 11) is 0. The van der Waals surface area contributed by atoms with Gasteiger partial charge in [0, 0.05) is 39.8 Å². The molecule has 0 spiro atoms. The van der Waals surface area contributed by atoms with E-state index < -0.39 is 0 Å². The molecule has 0 saturated carbocycles. The Labute approximate surface area is 432 Å². The molecule has 74 heavy (non-hydrogen) atoms. The highest BCUT2D eigenvalue weighted by molar-refractivity contribution is 5.91. The second-order valence-electron chi connectivity index (χ2n) is 22.1. The predicted octanol–water partition coefficient (Wildman–Crippen LogP) is 16.9. The second kappa shape index (κ2) is 15.9. The van der Waals surface area contributed by atoms with Crippen LogP contribution in [0.15, 0.2) is 258 Å². The van der Waals surface area contributed by atoms with Crippen molar-refractivity contribution in [2.24, 2.45) is 23.2 Å². The van der Waals surface area contributed by atoms with E-state index in [1.54, 1.807) is 5.57 Å². The van der Waals surface area contributed by atoms with Crippen LogP contribution in [0.1, 0.15) is 56.4 Å². The maximum atomic E-state index is 5.19. The summed E-state index contributed by atoms with van der Waals surface area (Å²) in [6.07, 6.45) is 18.6. The number of imidazole rings is 2. The van der Waals surface area contributed by atoms with Crippen LogP contribution in [0.25, 0.3) is 72.9 Å². The summed E-state index contributed by atoms with van der Waals surface area (Å²) >= 11 is 0. The molecule has 3 atom stereocenters. The number of fused-ring (bicyclic) bond motifs is 10. The Kier molecular flexibility index (Phi) is 9.27. The molecule has 9 aromatic rings. The third-order valence-electron chi connectivity index (χ3n) is 17.4. The number of benzene rings is 7. The molecular weight excluding hydrogens is 897 g/mol. The Morgan fingerprint density at radius 2 is 0.946 bits per heavy atom. The maximum Gasteiger partial charge on any atom is 0.145 e. The molecule has 4 nitrogen and oxygen atoms in total.